The van der Waals surface area contributed by atoms with Crippen LogP contribution in [-0.2, 0) is 4.79 Å². The summed E-state index contributed by atoms with van der Waals surface area (Å²) in [6.45, 7) is 5.84. The van der Waals surface area contributed by atoms with Gasteiger partial charge in [0.2, 0.25) is 5.78 Å². The van der Waals surface area contributed by atoms with E-state index in [1.54, 1.807) is 0 Å². The van der Waals surface area contributed by atoms with Gasteiger partial charge in [-0.15, -0.1) is 0 Å². The Morgan fingerprint density at radius 2 is 2.08 bits per heavy atom. The highest BCUT2D eigenvalue weighted by molar-refractivity contribution is 5.98. The molecule has 2 nitrogen and oxygen atoms in total. The maximum atomic E-state index is 11.3. The number of aliphatic hydroxyl groups excluding tert-OH is 1. The van der Waals surface area contributed by atoms with Crippen molar-refractivity contribution < 1.29 is 9.90 Å². The molecule has 0 aromatic heterocycles. The van der Waals surface area contributed by atoms with Crippen molar-refractivity contribution in [3.8, 4) is 0 Å². The second-order valence-corrected chi connectivity index (χ2v) is 3.57. The number of hydrogen-bond acceptors (Lipinski definition) is 2. The Morgan fingerprint density at radius 1 is 1.50 bits per heavy atom. The van der Waals surface area contributed by atoms with E-state index in [1.165, 1.54) is 6.08 Å². The fourth-order valence-electron chi connectivity index (χ4n) is 1.36. The molecule has 0 aromatic rings. The average Bonchev–Trinajstić information content (AvgIpc) is 1.96. The summed E-state index contributed by atoms with van der Waals surface area (Å²) in [5.41, 5.74) is 0.964. The molecule has 0 fully saturated rings. The van der Waals surface area contributed by atoms with Crippen LogP contribution in [0.5, 0.6) is 0 Å². The molecular formula is C10H14O2. The smallest absolute Gasteiger partial charge is 0.204 e. The van der Waals surface area contributed by atoms with Crippen LogP contribution in [0.3, 0.4) is 0 Å². The van der Waals surface area contributed by atoms with Gasteiger partial charge in [-0.05, 0) is 18.9 Å². The molecule has 2 heteroatoms. The van der Waals surface area contributed by atoms with E-state index in [1.807, 2.05) is 26.8 Å². The van der Waals surface area contributed by atoms with E-state index >= 15 is 0 Å². The minimum absolute atomic E-state index is 0.103. The third-order valence-corrected chi connectivity index (χ3v) is 2.08. The summed E-state index contributed by atoms with van der Waals surface area (Å²) < 4.78 is 0. The number of Topliss-reactive ketones (excluding diaryl/α,β-unsaturated/α-hetero) is 1. The zero-order chi connectivity index (χ0) is 9.30. The second-order valence-electron chi connectivity index (χ2n) is 3.57. The minimum atomic E-state index is -0.157. The zero-order valence-corrected chi connectivity index (χ0v) is 7.66. The molecule has 0 aliphatic heterocycles. The van der Waals surface area contributed by atoms with E-state index in [2.05, 4.69) is 0 Å². The molecule has 0 aromatic carbocycles. The van der Waals surface area contributed by atoms with Crippen molar-refractivity contribution in [2.75, 3.05) is 0 Å². The molecule has 1 unspecified atom stereocenters. The lowest BCUT2D eigenvalue weighted by molar-refractivity contribution is -0.121. The summed E-state index contributed by atoms with van der Waals surface area (Å²) in [5.74, 6) is -0.150. The molecule has 0 saturated carbocycles. The van der Waals surface area contributed by atoms with Crippen LogP contribution >= 0.6 is 0 Å². The molecule has 1 aliphatic carbocycles. The number of ketones is 1. The molecule has 1 N–H and O–H groups in total. The predicted molar refractivity (Wildman–Crippen MR) is 47.8 cm³/mol. The maximum absolute atomic E-state index is 11.3. The van der Waals surface area contributed by atoms with Gasteiger partial charge in [0, 0.05) is 5.92 Å². The number of carbonyl (C=O) groups is 1. The van der Waals surface area contributed by atoms with Crippen LogP contribution in [0.25, 0.3) is 0 Å². The predicted octanol–water partition coefficient (Wildman–Crippen LogP) is 2.23. The third-order valence-electron chi connectivity index (χ3n) is 2.08. The highest BCUT2D eigenvalue weighted by Gasteiger charge is 2.25. The first-order valence-electron chi connectivity index (χ1n) is 4.15. The molecule has 12 heavy (non-hydrogen) atoms. The standard InChI is InChI=1S/C10H14O2/c1-6(2)8-4-7(3)5-9(11)10(8)12/h4-6,8,11H,1-3H3. The Hall–Kier alpha value is -1.05. The molecule has 66 valence electrons. The van der Waals surface area contributed by atoms with Crippen molar-refractivity contribution in [1.29, 1.82) is 0 Å². The molecule has 0 radical (unpaired) electrons. The van der Waals surface area contributed by atoms with Gasteiger partial charge in [0.25, 0.3) is 0 Å². The van der Waals surface area contributed by atoms with Gasteiger partial charge >= 0.3 is 0 Å². The summed E-state index contributed by atoms with van der Waals surface area (Å²) in [6.07, 6.45) is 3.42. The molecule has 0 spiro atoms. The first-order valence-corrected chi connectivity index (χ1v) is 4.15. The van der Waals surface area contributed by atoms with Crippen molar-refractivity contribution >= 4 is 5.78 Å². The SMILES string of the molecule is CC1=CC(C(C)C)C(=O)C(O)=C1. The van der Waals surface area contributed by atoms with Gasteiger partial charge in [-0.25, -0.2) is 0 Å². The molecule has 0 bridgehead atoms. The lowest BCUT2D eigenvalue weighted by Crippen LogP contribution is -2.22. The highest BCUT2D eigenvalue weighted by atomic mass is 16.3. The zero-order valence-electron chi connectivity index (χ0n) is 7.66. The maximum Gasteiger partial charge on any atom is 0.204 e. The molecule has 1 rings (SSSR count). The summed E-state index contributed by atoms with van der Waals surface area (Å²) in [6, 6.07) is 0. The van der Waals surface area contributed by atoms with Crippen molar-refractivity contribution in [3.63, 3.8) is 0 Å². The van der Waals surface area contributed by atoms with Gasteiger partial charge in [0.05, 0.1) is 0 Å². The number of aliphatic hydroxyl groups is 1. The van der Waals surface area contributed by atoms with Crippen LogP contribution in [0.15, 0.2) is 23.5 Å². The number of allylic oxidation sites excluding steroid dienone is 4. The first-order chi connectivity index (χ1) is 5.52. The lowest BCUT2D eigenvalue weighted by atomic mass is 9.85. The molecule has 0 saturated heterocycles. The van der Waals surface area contributed by atoms with E-state index in [9.17, 15) is 9.90 Å². The topological polar surface area (TPSA) is 37.3 Å². The van der Waals surface area contributed by atoms with Gasteiger partial charge in [0.1, 0.15) is 0 Å². The van der Waals surface area contributed by atoms with Gasteiger partial charge in [-0.3, -0.25) is 4.79 Å². The highest BCUT2D eigenvalue weighted by Crippen LogP contribution is 2.23. The number of carbonyl (C=O) groups excluding carboxylic acids is 1. The molecule has 1 aliphatic rings. The summed E-state index contributed by atoms with van der Waals surface area (Å²) in [4.78, 5) is 11.3. The van der Waals surface area contributed by atoms with Crippen LogP contribution < -0.4 is 0 Å². The number of hydrogen-bond donors (Lipinski definition) is 1. The molecule has 0 amide bonds. The minimum Gasteiger partial charge on any atom is -0.504 e. The average molecular weight is 166 g/mol. The Morgan fingerprint density at radius 3 is 2.58 bits per heavy atom. The van der Waals surface area contributed by atoms with E-state index in [0.29, 0.717) is 0 Å². The van der Waals surface area contributed by atoms with Crippen LogP contribution in [0.2, 0.25) is 0 Å². The van der Waals surface area contributed by atoms with Gasteiger partial charge in [0.15, 0.2) is 5.76 Å². The van der Waals surface area contributed by atoms with Crippen LogP contribution in [-0.4, -0.2) is 10.9 Å². The van der Waals surface area contributed by atoms with Gasteiger partial charge in [-0.2, -0.15) is 0 Å². The number of rotatable bonds is 1. The summed E-state index contributed by atoms with van der Waals surface area (Å²) in [7, 11) is 0. The fraction of sp³-hybridized carbons (Fsp3) is 0.500. The largest absolute Gasteiger partial charge is 0.504 e. The van der Waals surface area contributed by atoms with Crippen molar-refractivity contribution in [2.45, 2.75) is 20.8 Å². The quantitative estimate of drug-likeness (QED) is 0.648. The fourth-order valence-corrected chi connectivity index (χ4v) is 1.36. The summed E-state index contributed by atoms with van der Waals surface area (Å²) in [5, 5.41) is 9.24. The van der Waals surface area contributed by atoms with Gasteiger partial charge < -0.3 is 5.11 Å². The van der Waals surface area contributed by atoms with Crippen molar-refractivity contribution in [1.82, 2.24) is 0 Å². The molecule has 1 atom stereocenters. The van der Waals surface area contributed by atoms with Crippen LogP contribution in [0.1, 0.15) is 20.8 Å². The Bertz CT molecular complexity index is 259. The third kappa shape index (κ3) is 1.58. The van der Waals surface area contributed by atoms with Crippen molar-refractivity contribution in [2.24, 2.45) is 11.8 Å². The Kier molecular flexibility index (Phi) is 2.36. The molecular weight excluding hydrogens is 152 g/mol. The van der Waals surface area contributed by atoms with Gasteiger partial charge in [-0.1, -0.05) is 25.5 Å². The van der Waals surface area contributed by atoms with E-state index in [4.69, 9.17) is 0 Å². The van der Waals surface area contributed by atoms with E-state index in [0.717, 1.165) is 5.57 Å². The van der Waals surface area contributed by atoms with Crippen molar-refractivity contribution in [3.05, 3.63) is 23.5 Å². The normalized spacial score (nSPS) is 24.0. The van der Waals surface area contributed by atoms with E-state index < -0.39 is 0 Å². The van der Waals surface area contributed by atoms with E-state index in [-0.39, 0.29) is 23.4 Å². The van der Waals surface area contributed by atoms with Crippen LogP contribution in [0.4, 0.5) is 0 Å². The second kappa shape index (κ2) is 3.13. The molecule has 0 heterocycles. The first kappa shape index (κ1) is 9.04. The lowest BCUT2D eigenvalue weighted by Gasteiger charge is -2.19. The Balaban J connectivity index is 2.94. The Labute approximate surface area is 72.6 Å². The van der Waals surface area contributed by atoms with Crippen LogP contribution in [0, 0.1) is 11.8 Å². The summed E-state index contributed by atoms with van der Waals surface area (Å²) >= 11 is 0. The monoisotopic (exact) mass is 166 g/mol.